The van der Waals surface area contributed by atoms with Crippen LogP contribution in [0.5, 0.6) is 5.75 Å². The molecule has 0 spiro atoms. The Morgan fingerprint density at radius 2 is 1.62 bits per heavy atom. The standard InChI is InChI=1S/C34H24N3O.Pt/c1-22-17-18-35-32(19-22)37-30-10-6-5-9-26(30)20-27-12-11-25(21-31(27)37)29-16-14-24-13-15-28(34(38)33(24)36-29)23-7-3-2-4-8-23;/h2-19,38H,20H2,1H3;/q-1;. The fourth-order valence-electron chi connectivity index (χ4n) is 5.26. The number of phenolic OH excluding ortho intramolecular Hbond substituents is 1. The summed E-state index contributed by atoms with van der Waals surface area (Å²) < 4.78 is 0. The molecular formula is C34H24N3OPt-. The maximum absolute atomic E-state index is 11.2. The summed E-state index contributed by atoms with van der Waals surface area (Å²) in [6.07, 6.45) is 2.68. The zero-order chi connectivity index (χ0) is 25.6. The van der Waals surface area contributed by atoms with E-state index < -0.39 is 0 Å². The molecule has 1 aliphatic rings. The van der Waals surface area contributed by atoms with Gasteiger partial charge in [-0.25, -0.2) is 4.98 Å². The molecule has 3 heterocycles. The number of benzene rings is 4. The Balaban J connectivity index is 0.00000277. The van der Waals surface area contributed by atoms with E-state index >= 15 is 0 Å². The molecule has 1 N–H and O–H groups in total. The van der Waals surface area contributed by atoms with Crippen molar-refractivity contribution in [3.63, 3.8) is 0 Å². The van der Waals surface area contributed by atoms with Gasteiger partial charge in [0.05, 0.1) is 0 Å². The molecule has 0 unspecified atom stereocenters. The molecule has 0 atom stereocenters. The van der Waals surface area contributed by atoms with Gasteiger partial charge in [0.1, 0.15) is 17.1 Å². The van der Waals surface area contributed by atoms with Crippen molar-refractivity contribution in [3.8, 4) is 28.1 Å². The fraction of sp³-hybridized carbons (Fsp3) is 0.0588. The van der Waals surface area contributed by atoms with Crippen LogP contribution in [0.25, 0.3) is 33.3 Å². The van der Waals surface area contributed by atoms with Gasteiger partial charge < -0.3 is 10.0 Å². The third-order valence-electron chi connectivity index (χ3n) is 7.17. The average molecular weight is 686 g/mol. The third-order valence-corrected chi connectivity index (χ3v) is 7.17. The number of phenols is 1. The molecule has 4 nitrogen and oxygen atoms in total. The largest absolute Gasteiger partial charge is 0.505 e. The van der Waals surface area contributed by atoms with Gasteiger partial charge in [0, 0.05) is 43.9 Å². The Hall–Kier alpha value is -4.27. The molecule has 192 valence electrons. The number of fused-ring (bicyclic) bond motifs is 3. The van der Waals surface area contributed by atoms with Crippen LogP contribution < -0.4 is 4.90 Å². The van der Waals surface area contributed by atoms with Gasteiger partial charge in [-0.2, -0.15) is 0 Å². The minimum Gasteiger partial charge on any atom is -0.505 e. The van der Waals surface area contributed by atoms with Crippen molar-refractivity contribution in [1.82, 2.24) is 9.97 Å². The van der Waals surface area contributed by atoms with Crippen molar-refractivity contribution in [3.05, 3.63) is 132 Å². The molecule has 5 heteroatoms. The van der Waals surface area contributed by atoms with Gasteiger partial charge in [-0.1, -0.05) is 66.7 Å². The maximum atomic E-state index is 11.2. The van der Waals surface area contributed by atoms with Crippen molar-refractivity contribution < 1.29 is 26.2 Å². The third kappa shape index (κ3) is 4.41. The Morgan fingerprint density at radius 1 is 0.821 bits per heavy atom. The number of hydrogen-bond donors (Lipinski definition) is 1. The molecule has 39 heavy (non-hydrogen) atoms. The summed E-state index contributed by atoms with van der Waals surface area (Å²) in [4.78, 5) is 11.8. The van der Waals surface area contributed by atoms with Crippen molar-refractivity contribution in [2.24, 2.45) is 0 Å². The Morgan fingerprint density at radius 3 is 2.46 bits per heavy atom. The number of hydrogen-bond acceptors (Lipinski definition) is 4. The Labute approximate surface area is 241 Å². The van der Waals surface area contributed by atoms with E-state index in [9.17, 15) is 5.11 Å². The summed E-state index contributed by atoms with van der Waals surface area (Å²) in [5.74, 6) is 1.05. The molecule has 0 radical (unpaired) electrons. The topological polar surface area (TPSA) is 49.2 Å². The molecular weight excluding hydrogens is 661 g/mol. The van der Waals surface area contributed by atoms with E-state index in [1.165, 1.54) is 11.1 Å². The molecule has 0 bridgehead atoms. The smallest absolute Gasteiger partial charge is 0.148 e. The van der Waals surface area contributed by atoms with E-state index in [-0.39, 0.29) is 26.8 Å². The van der Waals surface area contributed by atoms with Gasteiger partial charge in [0.2, 0.25) is 0 Å². The van der Waals surface area contributed by atoms with Gasteiger partial charge in [-0.3, -0.25) is 4.98 Å². The molecule has 0 amide bonds. The second kappa shape index (κ2) is 10.1. The number of para-hydroxylation sites is 1. The maximum Gasteiger partial charge on any atom is 0.148 e. The summed E-state index contributed by atoms with van der Waals surface area (Å²) in [5, 5.41) is 12.1. The van der Waals surface area contributed by atoms with Crippen molar-refractivity contribution in [2.45, 2.75) is 13.3 Å². The number of aryl methyl sites for hydroxylation is 1. The molecule has 7 rings (SSSR count). The number of aromatic nitrogens is 2. The number of pyridine rings is 2. The molecule has 0 aliphatic carbocycles. The molecule has 1 aliphatic heterocycles. The quantitative estimate of drug-likeness (QED) is 0.191. The van der Waals surface area contributed by atoms with E-state index in [2.05, 4.69) is 60.4 Å². The first-order valence-corrected chi connectivity index (χ1v) is 12.7. The summed E-state index contributed by atoms with van der Waals surface area (Å²) >= 11 is 0. The van der Waals surface area contributed by atoms with Crippen LogP contribution in [0.15, 0.2) is 109 Å². The molecule has 2 aromatic heterocycles. The summed E-state index contributed by atoms with van der Waals surface area (Å²) in [5.41, 5.74) is 9.62. The van der Waals surface area contributed by atoms with Gasteiger partial charge in [0.25, 0.3) is 0 Å². The summed E-state index contributed by atoms with van der Waals surface area (Å²) in [6, 6.07) is 38.3. The molecule has 6 aromatic rings. The van der Waals surface area contributed by atoms with Crippen molar-refractivity contribution >= 4 is 28.1 Å². The zero-order valence-electron chi connectivity index (χ0n) is 21.2. The van der Waals surface area contributed by atoms with Crippen LogP contribution in [0.2, 0.25) is 0 Å². The van der Waals surface area contributed by atoms with E-state index in [1.54, 1.807) is 0 Å². The minimum atomic E-state index is 0. The second-order valence-corrected chi connectivity index (χ2v) is 9.67. The molecule has 0 fully saturated rings. The first kappa shape index (κ1) is 25.0. The number of nitrogens with zero attached hydrogens (tertiary/aromatic N) is 3. The van der Waals surface area contributed by atoms with Crippen LogP contribution >= 0.6 is 0 Å². The van der Waals surface area contributed by atoms with E-state index in [0.717, 1.165) is 56.9 Å². The summed E-state index contributed by atoms with van der Waals surface area (Å²) in [6.45, 7) is 2.08. The van der Waals surface area contributed by atoms with E-state index in [1.807, 2.05) is 66.9 Å². The van der Waals surface area contributed by atoms with Gasteiger partial charge in [-0.15, -0.1) is 29.3 Å². The van der Waals surface area contributed by atoms with Crippen molar-refractivity contribution in [2.75, 3.05) is 4.90 Å². The van der Waals surface area contributed by atoms with Gasteiger partial charge in [0.15, 0.2) is 0 Å². The van der Waals surface area contributed by atoms with Crippen LogP contribution in [0, 0.1) is 13.0 Å². The first-order chi connectivity index (χ1) is 18.7. The van der Waals surface area contributed by atoms with Crippen LogP contribution in [0.3, 0.4) is 0 Å². The molecule has 0 saturated carbocycles. The van der Waals surface area contributed by atoms with Crippen LogP contribution in [-0.2, 0) is 27.5 Å². The van der Waals surface area contributed by atoms with E-state index in [4.69, 9.17) is 9.97 Å². The Bertz CT molecular complexity index is 1830. The Kier molecular flexibility index (Phi) is 6.50. The number of anilines is 3. The SMILES string of the molecule is Cc1ccnc(N2c3[c-]c(-c4ccc5ccc(-c6ccccc6)c(O)c5n4)ccc3Cc3ccccc32)c1.[Pt]. The number of rotatable bonds is 3. The van der Waals surface area contributed by atoms with Crippen LogP contribution in [0.4, 0.5) is 17.2 Å². The number of aromatic hydroxyl groups is 1. The normalized spacial score (nSPS) is 12.0. The van der Waals surface area contributed by atoms with Crippen molar-refractivity contribution in [1.29, 1.82) is 0 Å². The summed E-state index contributed by atoms with van der Waals surface area (Å²) in [7, 11) is 0. The molecule has 0 saturated heterocycles. The zero-order valence-corrected chi connectivity index (χ0v) is 23.5. The first-order valence-electron chi connectivity index (χ1n) is 12.7. The van der Waals surface area contributed by atoms with E-state index in [0.29, 0.717) is 5.52 Å². The van der Waals surface area contributed by atoms with Gasteiger partial charge >= 0.3 is 0 Å². The van der Waals surface area contributed by atoms with Crippen LogP contribution in [0.1, 0.15) is 16.7 Å². The van der Waals surface area contributed by atoms with Gasteiger partial charge in [-0.05, 0) is 65.7 Å². The average Bonchev–Trinajstić information content (AvgIpc) is 2.96. The van der Waals surface area contributed by atoms with Crippen LogP contribution in [-0.4, -0.2) is 15.1 Å². The predicted octanol–water partition coefficient (Wildman–Crippen LogP) is 8.15. The second-order valence-electron chi connectivity index (χ2n) is 9.67. The predicted molar refractivity (Wildman–Crippen MR) is 153 cm³/mol. The fourth-order valence-corrected chi connectivity index (χ4v) is 5.26. The molecule has 4 aromatic carbocycles. The minimum absolute atomic E-state index is 0. The monoisotopic (exact) mass is 685 g/mol.